The number of nitrogens with one attached hydrogen (secondary N) is 1. The second-order valence-electron chi connectivity index (χ2n) is 9.44. The minimum Gasteiger partial charge on any atom is -0.372 e. The third-order valence-corrected chi connectivity index (χ3v) is 6.76. The molecule has 1 amide bonds. The van der Waals surface area contributed by atoms with E-state index in [9.17, 15) is 4.79 Å². The quantitative estimate of drug-likeness (QED) is 0.532. The third kappa shape index (κ3) is 5.36. The molecule has 0 radical (unpaired) electrons. The molecule has 180 valence electrons. The van der Waals surface area contributed by atoms with E-state index in [1.807, 2.05) is 29.2 Å². The number of hydrogen-bond acceptors (Lipinski definition) is 4. The van der Waals surface area contributed by atoms with Gasteiger partial charge in [-0.05, 0) is 72.2 Å². The topological polar surface area (TPSA) is 61.6 Å². The van der Waals surface area contributed by atoms with E-state index in [1.165, 1.54) is 5.57 Å². The molecular formula is C29H38N4O. The fraction of sp³-hybridized carbons (Fsp3) is 0.414. The SMILES string of the molecule is C=C(C1=Cc2ccc(-c3ccc(C(=O)N4CCCC4)cc3)cc2NC(N)C1)N(CCC)CCC. The van der Waals surface area contributed by atoms with Gasteiger partial charge in [0, 0.05) is 49.5 Å². The number of carbonyl (C=O) groups is 1. The van der Waals surface area contributed by atoms with E-state index in [2.05, 4.69) is 54.9 Å². The second-order valence-corrected chi connectivity index (χ2v) is 9.44. The number of fused-ring (bicyclic) bond motifs is 1. The average Bonchev–Trinajstić information content (AvgIpc) is 3.33. The molecule has 5 nitrogen and oxygen atoms in total. The number of allylic oxidation sites excluding steroid dienone is 1. The summed E-state index contributed by atoms with van der Waals surface area (Å²) in [5.41, 5.74) is 13.9. The van der Waals surface area contributed by atoms with Gasteiger partial charge < -0.3 is 20.9 Å². The van der Waals surface area contributed by atoms with E-state index >= 15 is 0 Å². The normalized spacial score (nSPS) is 17.4. The molecule has 2 aliphatic heterocycles. The van der Waals surface area contributed by atoms with Crippen molar-refractivity contribution in [3.8, 4) is 11.1 Å². The fourth-order valence-corrected chi connectivity index (χ4v) is 4.95. The number of rotatable bonds is 8. The van der Waals surface area contributed by atoms with E-state index in [1.54, 1.807) is 0 Å². The molecule has 3 N–H and O–H groups in total. The summed E-state index contributed by atoms with van der Waals surface area (Å²) in [6.07, 6.45) is 7.19. The molecule has 0 bridgehead atoms. The van der Waals surface area contributed by atoms with Gasteiger partial charge in [0.05, 0.1) is 6.17 Å². The minimum atomic E-state index is -0.176. The molecule has 1 unspecified atom stereocenters. The van der Waals surface area contributed by atoms with Crippen LogP contribution in [0.25, 0.3) is 17.2 Å². The van der Waals surface area contributed by atoms with Gasteiger partial charge in [-0.3, -0.25) is 4.79 Å². The van der Waals surface area contributed by atoms with Gasteiger partial charge in [0.15, 0.2) is 0 Å². The Morgan fingerprint density at radius 2 is 1.71 bits per heavy atom. The Labute approximate surface area is 204 Å². The molecule has 2 aromatic carbocycles. The van der Waals surface area contributed by atoms with E-state index in [4.69, 9.17) is 5.73 Å². The molecule has 0 spiro atoms. The highest BCUT2D eigenvalue weighted by molar-refractivity contribution is 5.95. The second kappa shape index (κ2) is 10.9. The number of benzene rings is 2. The highest BCUT2D eigenvalue weighted by Crippen LogP contribution is 2.33. The van der Waals surface area contributed by atoms with Crippen LogP contribution >= 0.6 is 0 Å². The molecule has 5 heteroatoms. The molecular weight excluding hydrogens is 420 g/mol. The van der Waals surface area contributed by atoms with Gasteiger partial charge >= 0.3 is 0 Å². The van der Waals surface area contributed by atoms with E-state index < -0.39 is 0 Å². The van der Waals surface area contributed by atoms with Crippen molar-refractivity contribution in [2.45, 2.75) is 52.1 Å². The zero-order chi connectivity index (χ0) is 24.1. The zero-order valence-corrected chi connectivity index (χ0v) is 20.6. The van der Waals surface area contributed by atoms with Crippen LogP contribution in [0.15, 0.2) is 60.3 Å². The first-order valence-electron chi connectivity index (χ1n) is 12.7. The summed E-state index contributed by atoms with van der Waals surface area (Å²) in [7, 11) is 0. The van der Waals surface area contributed by atoms with Crippen LogP contribution in [0.1, 0.15) is 61.9 Å². The lowest BCUT2D eigenvalue weighted by molar-refractivity contribution is 0.0793. The Bertz CT molecular complexity index is 1040. The predicted molar refractivity (Wildman–Crippen MR) is 143 cm³/mol. The summed E-state index contributed by atoms with van der Waals surface area (Å²) >= 11 is 0. The third-order valence-electron chi connectivity index (χ3n) is 6.76. The molecule has 1 atom stereocenters. The smallest absolute Gasteiger partial charge is 0.253 e. The van der Waals surface area contributed by atoms with Gasteiger partial charge in [0.2, 0.25) is 0 Å². The summed E-state index contributed by atoms with van der Waals surface area (Å²) in [6, 6.07) is 14.4. The molecule has 1 fully saturated rings. The van der Waals surface area contributed by atoms with Crippen LogP contribution in [0.2, 0.25) is 0 Å². The van der Waals surface area contributed by atoms with Crippen LogP contribution < -0.4 is 11.1 Å². The zero-order valence-electron chi connectivity index (χ0n) is 20.6. The lowest BCUT2D eigenvalue weighted by atomic mass is 9.99. The van der Waals surface area contributed by atoms with Crippen molar-refractivity contribution in [1.82, 2.24) is 9.80 Å². The van der Waals surface area contributed by atoms with Crippen molar-refractivity contribution in [3.05, 3.63) is 71.4 Å². The van der Waals surface area contributed by atoms with Crippen molar-refractivity contribution in [2.75, 3.05) is 31.5 Å². The molecule has 4 rings (SSSR count). The number of nitrogens with two attached hydrogens (primary N) is 1. The highest BCUT2D eigenvalue weighted by Gasteiger charge is 2.21. The Morgan fingerprint density at radius 1 is 1.06 bits per heavy atom. The molecule has 0 aromatic heterocycles. The Balaban J connectivity index is 1.57. The standard InChI is InChI=1S/C29H38N4O/c1-4-14-32(15-5-2)21(3)26-18-25-13-12-24(19-27(25)31-28(30)20-26)22-8-10-23(11-9-22)29(34)33-16-6-7-17-33/h8-13,18-19,28,31H,3-7,14-17,20,30H2,1-2H3. The summed E-state index contributed by atoms with van der Waals surface area (Å²) in [4.78, 5) is 17.0. The van der Waals surface area contributed by atoms with E-state index in [0.29, 0.717) is 0 Å². The van der Waals surface area contributed by atoms with Gasteiger partial charge in [-0.1, -0.05) is 44.7 Å². The van der Waals surface area contributed by atoms with Crippen molar-refractivity contribution < 1.29 is 4.79 Å². The Kier molecular flexibility index (Phi) is 7.73. The van der Waals surface area contributed by atoms with Gasteiger partial charge in [-0.2, -0.15) is 0 Å². The summed E-state index contributed by atoms with van der Waals surface area (Å²) in [5, 5.41) is 3.49. The molecule has 0 saturated carbocycles. The maximum Gasteiger partial charge on any atom is 0.253 e. The van der Waals surface area contributed by atoms with Crippen LogP contribution in [-0.2, 0) is 0 Å². The minimum absolute atomic E-state index is 0.136. The van der Waals surface area contributed by atoms with Gasteiger partial charge in [-0.25, -0.2) is 0 Å². The first-order chi connectivity index (χ1) is 16.5. The first-order valence-corrected chi connectivity index (χ1v) is 12.7. The number of amides is 1. The van der Waals surface area contributed by atoms with E-state index in [0.717, 1.165) is 91.9 Å². The Hall–Kier alpha value is -3.05. The van der Waals surface area contributed by atoms with Crippen molar-refractivity contribution >= 4 is 17.7 Å². The summed E-state index contributed by atoms with van der Waals surface area (Å²) in [5.74, 6) is 0.136. The first kappa shape index (κ1) is 24.1. The summed E-state index contributed by atoms with van der Waals surface area (Å²) < 4.78 is 0. The number of carbonyl (C=O) groups excluding carboxylic acids is 1. The molecule has 2 heterocycles. The molecule has 1 saturated heterocycles. The molecule has 2 aliphatic rings. The lowest BCUT2D eigenvalue weighted by Crippen LogP contribution is -2.31. The van der Waals surface area contributed by atoms with Gasteiger partial charge in [0.1, 0.15) is 0 Å². The van der Waals surface area contributed by atoms with Crippen molar-refractivity contribution in [1.29, 1.82) is 0 Å². The largest absolute Gasteiger partial charge is 0.372 e. The number of anilines is 1. The van der Waals surface area contributed by atoms with Crippen LogP contribution in [0.5, 0.6) is 0 Å². The number of hydrogen-bond donors (Lipinski definition) is 2. The van der Waals surface area contributed by atoms with E-state index in [-0.39, 0.29) is 12.1 Å². The van der Waals surface area contributed by atoms with Gasteiger partial charge in [-0.15, -0.1) is 0 Å². The summed E-state index contributed by atoms with van der Waals surface area (Å²) in [6.45, 7) is 12.6. The number of likely N-dealkylation sites (tertiary alicyclic amines) is 1. The molecule has 2 aromatic rings. The van der Waals surface area contributed by atoms with Crippen LogP contribution in [-0.4, -0.2) is 48.1 Å². The number of nitrogens with zero attached hydrogens (tertiary/aromatic N) is 2. The van der Waals surface area contributed by atoms with Crippen molar-refractivity contribution in [2.24, 2.45) is 5.73 Å². The highest BCUT2D eigenvalue weighted by atomic mass is 16.2. The van der Waals surface area contributed by atoms with Crippen LogP contribution in [0.4, 0.5) is 5.69 Å². The Morgan fingerprint density at radius 3 is 2.35 bits per heavy atom. The molecule has 0 aliphatic carbocycles. The fourth-order valence-electron chi connectivity index (χ4n) is 4.95. The average molecular weight is 459 g/mol. The van der Waals surface area contributed by atoms with Crippen molar-refractivity contribution in [3.63, 3.8) is 0 Å². The molecule has 34 heavy (non-hydrogen) atoms. The predicted octanol–water partition coefficient (Wildman–Crippen LogP) is 5.71. The lowest BCUT2D eigenvalue weighted by Gasteiger charge is -2.28. The van der Waals surface area contributed by atoms with Crippen LogP contribution in [0.3, 0.4) is 0 Å². The van der Waals surface area contributed by atoms with Crippen LogP contribution in [0, 0.1) is 0 Å². The maximum atomic E-state index is 12.7. The van der Waals surface area contributed by atoms with Gasteiger partial charge in [0.25, 0.3) is 5.91 Å². The monoisotopic (exact) mass is 458 g/mol. The maximum absolute atomic E-state index is 12.7.